The van der Waals surface area contributed by atoms with Crippen LogP contribution in [-0.2, 0) is 49.3 Å². The minimum atomic E-state index is -1.51. The van der Waals surface area contributed by atoms with Gasteiger partial charge in [0.1, 0.15) is 24.2 Å². The minimum Gasteiger partial charge on any atom is -0.481 e. The molecule has 5 aliphatic rings. The van der Waals surface area contributed by atoms with Crippen molar-refractivity contribution < 1.29 is 53.1 Å². The molecule has 0 aromatic heterocycles. The van der Waals surface area contributed by atoms with E-state index in [1.54, 1.807) is 27.7 Å². The number of hydrogen-bond donors (Lipinski definition) is 7. The maximum atomic E-state index is 14.4. The van der Waals surface area contributed by atoms with E-state index in [1.165, 1.54) is 10.5 Å². The van der Waals surface area contributed by atoms with Crippen LogP contribution in [0.2, 0.25) is 0 Å². The third-order valence-electron chi connectivity index (χ3n) is 14.2. The fraction of sp³-hybridized carbons (Fsp3) is 0.711. The Morgan fingerprint density at radius 1 is 0.873 bits per heavy atom. The van der Waals surface area contributed by atoms with Crippen LogP contribution < -0.4 is 27.0 Å². The summed E-state index contributed by atoms with van der Waals surface area (Å²) in [5.74, 6) is -6.53. The van der Waals surface area contributed by atoms with Crippen molar-refractivity contribution in [2.75, 3.05) is 6.54 Å². The molecule has 2 saturated heterocycles. The van der Waals surface area contributed by atoms with E-state index in [0.29, 0.717) is 37.5 Å². The molecule has 6 rings (SSSR count). The summed E-state index contributed by atoms with van der Waals surface area (Å²) in [5, 5.41) is 29.3. The fourth-order valence-electron chi connectivity index (χ4n) is 10.1. The molecule has 348 valence electrons. The maximum absolute atomic E-state index is 14.4. The van der Waals surface area contributed by atoms with E-state index in [1.807, 2.05) is 0 Å². The lowest BCUT2D eigenvalue weighted by atomic mass is 9.43. The third-order valence-corrected chi connectivity index (χ3v) is 14.2. The van der Waals surface area contributed by atoms with Crippen LogP contribution in [0.15, 0.2) is 18.2 Å². The summed E-state index contributed by atoms with van der Waals surface area (Å²) in [4.78, 5) is 93.0. The molecule has 1 aromatic rings. The van der Waals surface area contributed by atoms with Gasteiger partial charge in [-0.25, -0.2) is 0 Å². The van der Waals surface area contributed by atoms with Crippen molar-refractivity contribution in [3.05, 3.63) is 34.9 Å². The molecule has 3 saturated carbocycles. The van der Waals surface area contributed by atoms with Gasteiger partial charge in [0.15, 0.2) is 0 Å². The van der Waals surface area contributed by atoms with E-state index in [9.17, 15) is 38.7 Å². The van der Waals surface area contributed by atoms with Crippen molar-refractivity contribution in [3.8, 4) is 0 Å². The molecular formula is C45H69BN6O11. The molecule has 3 aliphatic carbocycles. The summed E-state index contributed by atoms with van der Waals surface area (Å²) in [7, 11) is -0.681. The molecule has 17 nitrogen and oxygen atoms in total. The van der Waals surface area contributed by atoms with Crippen molar-refractivity contribution in [1.82, 2.24) is 26.2 Å². The number of carboxylic acid groups (broad SMARTS) is 2. The highest BCUT2D eigenvalue weighted by atomic mass is 16.7. The number of aryl methyl sites for hydroxylation is 3. The Labute approximate surface area is 371 Å². The van der Waals surface area contributed by atoms with Crippen LogP contribution in [0, 0.1) is 42.9 Å². The monoisotopic (exact) mass is 881 g/mol. The lowest BCUT2D eigenvalue weighted by Gasteiger charge is -2.64. The normalized spacial score (nSPS) is 25.8. The van der Waals surface area contributed by atoms with E-state index in [2.05, 4.69) is 74.1 Å². The van der Waals surface area contributed by atoms with Gasteiger partial charge in [0.2, 0.25) is 29.5 Å². The summed E-state index contributed by atoms with van der Waals surface area (Å²) in [5.41, 5.74) is 8.78. The SMILES string of the molecule is Cc1ccc(C)c(CC[C@H](NC(=O)[C@@H]2CCCN2C(=O)[C@@H](NC(=O)[C@@H](NC(=O)[C@H](CCC(=O)O)NC(=O)[C@@H](N)CC(=O)O)C(C)C)C(C)C)B2O[C@H]3C[C@@H]4C[C@@H](C4(C)C)[C@@]3(C)O2)c1. The highest BCUT2D eigenvalue weighted by Crippen LogP contribution is 2.65. The number of aliphatic carboxylic acids is 2. The second-order valence-electron chi connectivity index (χ2n) is 19.8. The molecule has 2 aliphatic heterocycles. The molecule has 0 radical (unpaired) electrons. The number of rotatable bonds is 20. The van der Waals surface area contributed by atoms with Crippen LogP contribution in [0.5, 0.6) is 0 Å². The summed E-state index contributed by atoms with van der Waals surface area (Å²) in [6, 6.07) is 0.229. The van der Waals surface area contributed by atoms with E-state index in [-0.39, 0.29) is 30.4 Å². The number of amides is 5. The van der Waals surface area contributed by atoms with E-state index in [4.69, 9.17) is 20.1 Å². The average molecular weight is 881 g/mol. The van der Waals surface area contributed by atoms with Crippen molar-refractivity contribution in [2.45, 2.75) is 168 Å². The van der Waals surface area contributed by atoms with E-state index in [0.717, 1.165) is 24.0 Å². The number of hydrogen-bond acceptors (Lipinski definition) is 10. The zero-order valence-corrected chi connectivity index (χ0v) is 38.3. The zero-order valence-electron chi connectivity index (χ0n) is 38.3. The van der Waals surface area contributed by atoms with Gasteiger partial charge in [-0.1, -0.05) is 65.3 Å². The van der Waals surface area contributed by atoms with Crippen LogP contribution in [0.25, 0.3) is 0 Å². The number of carbonyl (C=O) groups is 7. The molecule has 2 bridgehead atoms. The standard InChI is InChI=1S/C45H69BN6O11/c1-23(2)37(50-40(58)30(15-17-35(53)54)48-39(57)29(47)22-36(55)56)42(60)51-38(24(3)4)43(61)52-18-10-11-31(52)41(59)49-34(16-14-27-19-25(5)12-13-26(27)6)46-62-33-21-28-20-32(44(28,7)8)45(33,9)63-46/h12-13,19,23-24,28-34,37-38H,10-11,14-18,20-22,47H2,1-9H3,(H,48,57)(H,49,59)(H,50,58)(H,51,60)(H,53,54)(H,55,56)/t28-,29-,30-,31-,32-,33-,34-,37-,38-,45+/m0/s1. The molecule has 63 heavy (non-hydrogen) atoms. The smallest absolute Gasteiger partial charge is 0.481 e. The maximum Gasteiger partial charge on any atom is 0.481 e. The number of nitrogens with two attached hydrogens (primary N) is 1. The molecular weight excluding hydrogens is 811 g/mol. The van der Waals surface area contributed by atoms with Gasteiger partial charge in [0.25, 0.3) is 0 Å². The van der Waals surface area contributed by atoms with Gasteiger partial charge in [-0.15, -0.1) is 0 Å². The predicted octanol–water partition coefficient (Wildman–Crippen LogP) is 2.41. The van der Waals surface area contributed by atoms with Gasteiger partial charge in [-0.05, 0) is 106 Å². The van der Waals surface area contributed by atoms with Gasteiger partial charge < -0.3 is 51.4 Å². The molecule has 18 heteroatoms. The topological polar surface area (TPSA) is 256 Å². The van der Waals surface area contributed by atoms with E-state index < -0.39 is 109 Å². The van der Waals surface area contributed by atoms with Crippen LogP contribution >= 0.6 is 0 Å². The van der Waals surface area contributed by atoms with Crippen molar-refractivity contribution in [3.63, 3.8) is 0 Å². The Hall–Kier alpha value is -4.55. The first-order valence-electron chi connectivity index (χ1n) is 22.5. The Morgan fingerprint density at radius 3 is 2.16 bits per heavy atom. The average Bonchev–Trinajstić information content (AvgIpc) is 3.84. The lowest BCUT2D eigenvalue weighted by Crippen LogP contribution is -2.65. The molecule has 5 amide bonds. The number of carbonyl (C=O) groups excluding carboxylic acids is 5. The number of benzene rings is 1. The quantitative estimate of drug-likeness (QED) is 0.0933. The van der Waals surface area contributed by atoms with Crippen molar-refractivity contribution >= 4 is 48.6 Å². The molecule has 5 fully saturated rings. The lowest BCUT2D eigenvalue weighted by molar-refractivity contribution is -0.199. The molecule has 2 heterocycles. The van der Waals surface area contributed by atoms with Gasteiger partial charge in [0.05, 0.1) is 30.1 Å². The number of nitrogens with one attached hydrogen (secondary N) is 4. The second-order valence-corrected chi connectivity index (χ2v) is 19.8. The fourth-order valence-corrected chi connectivity index (χ4v) is 10.1. The van der Waals surface area contributed by atoms with Crippen LogP contribution in [0.4, 0.5) is 0 Å². The first-order chi connectivity index (χ1) is 29.4. The third kappa shape index (κ3) is 11.2. The molecule has 0 spiro atoms. The Morgan fingerprint density at radius 2 is 1.54 bits per heavy atom. The summed E-state index contributed by atoms with van der Waals surface area (Å²) >= 11 is 0. The largest absolute Gasteiger partial charge is 0.481 e. The number of nitrogens with zero attached hydrogens (tertiary/aromatic N) is 1. The van der Waals surface area contributed by atoms with Crippen LogP contribution in [0.1, 0.15) is 117 Å². The molecule has 8 N–H and O–H groups in total. The van der Waals surface area contributed by atoms with E-state index >= 15 is 0 Å². The molecule has 1 aromatic carbocycles. The summed E-state index contributed by atoms with van der Waals surface area (Å²) < 4.78 is 13.6. The predicted molar refractivity (Wildman–Crippen MR) is 234 cm³/mol. The van der Waals surface area contributed by atoms with Crippen LogP contribution in [0.3, 0.4) is 0 Å². The molecule has 0 unspecified atom stereocenters. The highest BCUT2D eigenvalue weighted by molar-refractivity contribution is 6.48. The Balaban J connectivity index is 1.30. The zero-order chi connectivity index (χ0) is 46.7. The van der Waals surface area contributed by atoms with Crippen LogP contribution in [-0.4, -0.2) is 118 Å². The Kier molecular flexibility index (Phi) is 15.8. The summed E-state index contributed by atoms with van der Waals surface area (Å²) in [6.45, 7) is 18.0. The first-order valence-corrected chi connectivity index (χ1v) is 22.5. The highest BCUT2D eigenvalue weighted by Gasteiger charge is 2.68. The van der Waals surface area contributed by atoms with Crippen molar-refractivity contribution in [1.29, 1.82) is 0 Å². The number of likely N-dealkylation sites (tertiary alicyclic amines) is 1. The van der Waals surface area contributed by atoms with Gasteiger partial charge >= 0.3 is 19.1 Å². The Bertz CT molecular complexity index is 1910. The molecule has 10 atom stereocenters. The van der Waals surface area contributed by atoms with Gasteiger partial charge in [0, 0.05) is 13.0 Å². The van der Waals surface area contributed by atoms with Crippen molar-refractivity contribution in [2.24, 2.45) is 34.8 Å². The van der Waals surface area contributed by atoms with Gasteiger partial charge in [-0.3, -0.25) is 33.6 Å². The first kappa shape index (κ1) is 49.5. The minimum absolute atomic E-state index is 0.0877. The van der Waals surface area contributed by atoms with Gasteiger partial charge in [-0.2, -0.15) is 0 Å². The summed E-state index contributed by atoms with van der Waals surface area (Å²) in [6.07, 6.45) is 2.48. The number of carboxylic acids is 2. The second kappa shape index (κ2) is 20.1.